The van der Waals surface area contributed by atoms with Crippen molar-refractivity contribution in [2.75, 3.05) is 39.9 Å². The van der Waals surface area contributed by atoms with Crippen LogP contribution < -0.4 is 10.6 Å². The van der Waals surface area contributed by atoms with Gasteiger partial charge >= 0.3 is 0 Å². The number of morpholine rings is 1. The van der Waals surface area contributed by atoms with Gasteiger partial charge in [0.15, 0.2) is 5.96 Å². The molecule has 6 nitrogen and oxygen atoms in total. The van der Waals surface area contributed by atoms with Crippen LogP contribution in [0, 0.1) is 17.1 Å². The minimum atomic E-state index is -0.320. The van der Waals surface area contributed by atoms with Crippen molar-refractivity contribution in [3.63, 3.8) is 0 Å². The summed E-state index contributed by atoms with van der Waals surface area (Å²) in [6.45, 7) is 4.63. The third-order valence-electron chi connectivity index (χ3n) is 5.90. The average molecular weight is 515 g/mol. The maximum atomic E-state index is 14.0. The van der Waals surface area contributed by atoms with Gasteiger partial charge in [-0.15, -0.1) is 24.0 Å². The summed E-state index contributed by atoms with van der Waals surface area (Å²) in [7, 11) is 1.72. The summed E-state index contributed by atoms with van der Waals surface area (Å²) in [5, 5.41) is 15.7. The molecule has 1 saturated carbocycles. The standard InChI is InChI=1S/C21H30FN5O.HI/c1-24-20(25-15-18-13-17(14-23)5-6-19(18)22)26-16-21(7-3-2-4-8-21)27-9-11-28-12-10-27;/h5-6,13H,2-4,7-12,15-16H2,1H3,(H2,24,25,26);1H. The molecule has 0 radical (unpaired) electrons. The Morgan fingerprint density at radius 2 is 1.97 bits per heavy atom. The number of aliphatic imine (C=N–C) groups is 1. The normalized spacial score (nSPS) is 19.7. The van der Waals surface area contributed by atoms with Gasteiger partial charge in [-0.1, -0.05) is 19.3 Å². The number of nitrogens with one attached hydrogen (secondary N) is 2. The third kappa shape index (κ3) is 6.27. The molecule has 1 aliphatic heterocycles. The van der Waals surface area contributed by atoms with Crippen molar-refractivity contribution in [1.29, 1.82) is 5.26 Å². The number of nitriles is 1. The van der Waals surface area contributed by atoms with Crippen LogP contribution in [0.15, 0.2) is 23.2 Å². The van der Waals surface area contributed by atoms with Gasteiger partial charge in [0.2, 0.25) is 0 Å². The highest BCUT2D eigenvalue weighted by molar-refractivity contribution is 14.0. The molecule has 0 unspecified atom stereocenters. The number of hydrogen-bond acceptors (Lipinski definition) is 4. The molecule has 1 aliphatic carbocycles. The molecule has 1 saturated heterocycles. The van der Waals surface area contributed by atoms with Gasteiger partial charge in [-0.05, 0) is 31.0 Å². The summed E-state index contributed by atoms with van der Waals surface area (Å²) in [6.07, 6.45) is 6.15. The Bertz CT molecular complexity index is 724. The molecule has 0 bridgehead atoms. The van der Waals surface area contributed by atoms with Crippen LogP contribution in [0.3, 0.4) is 0 Å². The second-order valence-electron chi connectivity index (χ2n) is 7.58. The highest BCUT2D eigenvalue weighted by Gasteiger charge is 2.38. The Morgan fingerprint density at radius 3 is 2.62 bits per heavy atom. The molecule has 2 aliphatic rings. The molecule has 0 amide bonds. The molecular formula is C21H31FIN5O. The van der Waals surface area contributed by atoms with Crippen molar-refractivity contribution < 1.29 is 9.13 Å². The molecule has 1 aromatic rings. The maximum Gasteiger partial charge on any atom is 0.191 e. The summed E-state index contributed by atoms with van der Waals surface area (Å²) in [5.41, 5.74) is 1.04. The Morgan fingerprint density at radius 1 is 1.24 bits per heavy atom. The second kappa shape index (κ2) is 11.7. The zero-order valence-corrected chi connectivity index (χ0v) is 19.4. The summed E-state index contributed by atoms with van der Waals surface area (Å²) < 4.78 is 19.6. The molecule has 0 atom stereocenters. The van der Waals surface area contributed by atoms with Gasteiger partial charge in [0.1, 0.15) is 5.82 Å². The van der Waals surface area contributed by atoms with Crippen molar-refractivity contribution in [1.82, 2.24) is 15.5 Å². The fourth-order valence-electron chi connectivity index (χ4n) is 4.28. The maximum absolute atomic E-state index is 14.0. The SMILES string of the molecule is CN=C(NCc1cc(C#N)ccc1F)NCC1(N2CCOCC2)CCCCC1.I. The van der Waals surface area contributed by atoms with Crippen LogP contribution >= 0.6 is 24.0 Å². The van der Waals surface area contributed by atoms with Gasteiger partial charge in [0.05, 0.1) is 24.8 Å². The van der Waals surface area contributed by atoms with E-state index in [1.54, 1.807) is 13.1 Å². The Balaban J connectivity index is 0.00000300. The topological polar surface area (TPSA) is 72.7 Å². The monoisotopic (exact) mass is 515 g/mol. The zero-order chi connectivity index (χ0) is 19.8. The van der Waals surface area contributed by atoms with Crippen molar-refractivity contribution in [3.05, 3.63) is 35.1 Å². The smallest absolute Gasteiger partial charge is 0.191 e. The third-order valence-corrected chi connectivity index (χ3v) is 5.90. The highest BCUT2D eigenvalue weighted by Crippen LogP contribution is 2.33. The molecule has 29 heavy (non-hydrogen) atoms. The van der Waals surface area contributed by atoms with E-state index in [2.05, 4.69) is 20.5 Å². The van der Waals surface area contributed by atoms with Crippen LogP contribution in [-0.2, 0) is 11.3 Å². The van der Waals surface area contributed by atoms with Crippen LogP contribution in [0.4, 0.5) is 4.39 Å². The number of guanidine groups is 1. The summed E-state index contributed by atoms with van der Waals surface area (Å²) in [5.74, 6) is 0.332. The van der Waals surface area contributed by atoms with E-state index in [-0.39, 0.29) is 41.9 Å². The van der Waals surface area contributed by atoms with Gasteiger partial charge in [0.25, 0.3) is 0 Å². The molecule has 0 aromatic heterocycles. The first-order chi connectivity index (χ1) is 13.7. The molecule has 8 heteroatoms. The van der Waals surface area contributed by atoms with E-state index in [1.165, 1.54) is 44.2 Å². The highest BCUT2D eigenvalue weighted by atomic mass is 127. The Hall–Kier alpha value is -1.44. The molecule has 2 fully saturated rings. The van der Waals surface area contributed by atoms with Gasteiger partial charge in [-0.3, -0.25) is 9.89 Å². The van der Waals surface area contributed by atoms with E-state index >= 15 is 0 Å². The zero-order valence-electron chi connectivity index (χ0n) is 17.0. The average Bonchev–Trinajstić information content (AvgIpc) is 2.76. The van der Waals surface area contributed by atoms with E-state index in [0.29, 0.717) is 17.1 Å². The fourth-order valence-corrected chi connectivity index (χ4v) is 4.28. The van der Waals surface area contributed by atoms with E-state index in [9.17, 15) is 4.39 Å². The van der Waals surface area contributed by atoms with E-state index in [4.69, 9.17) is 10.00 Å². The number of rotatable bonds is 5. The van der Waals surface area contributed by atoms with E-state index in [0.717, 1.165) is 32.8 Å². The molecule has 2 N–H and O–H groups in total. The van der Waals surface area contributed by atoms with E-state index < -0.39 is 0 Å². The number of nitrogens with zero attached hydrogens (tertiary/aromatic N) is 3. The summed E-state index contributed by atoms with van der Waals surface area (Å²) >= 11 is 0. The lowest BCUT2D eigenvalue weighted by Crippen LogP contribution is -2.60. The quantitative estimate of drug-likeness (QED) is 0.359. The number of benzene rings is 1. The van der Waals surface area contributed by atoms with Crippen LogP contribution in [0.25, 0.3) is 0 Å². The molecule has 160 valence electrons. The lowest BCUT2D eigenvalue weighted by atomic mass is 9.80. The molecule has 3 rings (SSSR count). The Labute approximate surface area is 189 Å². The molecule has 0 spiro atoms. The van der Waals surface area contributed by atoms with Crippen molar-refractivity contribution in [2.45, 2.75) is 44.2 Å². The number of halogens is 2. The van der Waals surface area contributed by atoms with Gasteiger partial charge < -0.3 is 15.4 Å². The van der Waals surface area contributed by atoms with Crippen LogP contribution in [0.2, 0.25) is 0 Å². The molecular weight excluding hydrogens is 484 g/mol. The van der Waals surface area contributed by atoms with Crippen molar-refractivity contribution >= 4 is 29.9 Å². The fraction of sp³-hybridized carbons (Fsp3) is 0.619. The van der Waals surface area contributed by atoms with Crippen LogP contribution in [0.5, 0.6) is 0 Å². The number of hydrogen-bond donors (Lipinski definition) is 2. The largest absolute Gasteiger partial charge is 0.379 e. The summed E-state index contributed by atoms with van der Waals surface area (Å²) in [6, 6.07) is 6.45. The van der Waals surface area contributed by atoms with Crippen molar-refractivity contribution in [2.24, 2.45) is 4.99 Å². The van der Waals surface area contributed by atoms with Gasteiger partial charge in [-0.2, -0.15) is 5.26 Å². The number of ether oxygens (including phenoxy) is 1. The molecule has 1 aromatic carbocycles. The first kappa shape index (κ1) is 23.8. The predicted octanol–water partition coefficient (Wildman–Crippen LogP) is 3.02. The van der Waals surface area contributed by atoms with Crippen LogP contribution in [0.1, 0.15) is 43.2 Å². The van der Waals surface area contributed by atoms with E-state index in [1.807, 2.05) is 6.07 Å². The summed E-state index contributed by atoms with van der Waals surface area (Å²) in [4.78, 5) is 6.88. The Kier molecular flexibility index (Phi) is 9.59. The first-order valence-corrected chi connectivity index (χ1v) is 10.1. The van der Waals surface area contributed by atoms with Gasteiger partial charge in [-0.25, -0.2) is 4.39 Å². The second-order valence-corrected chi connectivity index (χ2v) is 7.58. The lowest BCUT2D eigenvalue weighted by Gasteiger charge is -2.48. The molecule has 1 heterocycles. The van der Waals surface area contributed by atoms with Crippen LogP contribution in [-0.4, -0.2) is 56.3 Å². The predicted molar refractivity (Wildman–Crippen MR) is 123 cm³/mol. The van der Waals surface area contributed by atoms with Crippen molar-refractivity contribution in [3.8, 4) is 6.07 Å². The van der Waals surface area contributed by atoms with Gasteiger partial charge in [0, 0.05) is 44.3 Å². The minimum Gasteiger partial charge on any atom is -0.379 e. The first-order valence-electron chi connectivity index (χ1n) is 10.1. The minimum absolute atomic E-state index is 0. The lowest BCUT2D eigenvalue weighted by molar-refractivity contribution is -0.0352.